The van der Waals surface area contributed by atoms with Crippen LogP contribution < -0.4 is 11.1 Å². The number of rotatable bonds is 2. The summed E-state index contributed by atoms with van der Waals surface area (Å²) in [5.74, 6) is -0.962. The number of nitrogens with one attached hydrogen (secondary N) is 1. The molecule has 0 aromatic heterocycles. The van der Waals surface area contributed by atoms with E-state index in [0.717, 1.165) is 17.7 Å². The van der Waals surface area contributed by atoms with Crippen LogP contribution in [0, 0.1) is 12.7 Å². The van der Waals surface area contributed by atoms with E-state index in [1.165, 1.54) is 0 Å². The third-order valence-electron chi connectivity index (χ3n) is 2.82. The molecule has 3 N–H and O–H groups in total. The number of halogens is 4. The van der Waals surface area contributed by atoms with Crippen LogP contribution in [0.4, 0.5) is 34.6 Å². The monoisotopic (exact) mass is 284 g/mol. The number of anilines is 3. The van der Waals surface area contributed by atoms with Gasteiger partial charge in [0.2, 0.25) is 0 Å². The second-order valence-corrected chi connectivity index (χ2v) is 4.39. The second-order valence-electron chi connectivity index (χ2n) is 4.39. The van der Waals surface area contributed by atoms with E-state index in [2.05, 4.69) is 5.32 Å². The summed E-state index contributed by atoms with van der Waals surface area (Å²) >= 11 is 0. The molecule has 0 amide bonds. The SMILES string of the molecule is Cc1cc(N)ccc1Nc1ccc(C(F)(F)F)cc1F. The number of nitrogen functional groups attached to an aromatic ring is 1. The molecule has 106 valence electrons. The molecule has 2 aromatic rings. The fourth-order valence-corrected chi connectivity index (χ4v) is 1.77. The molecule has 0 unspecified atom stereocenters. The van der Waals surface area contributed by atoms with Crippen molar-refractivity contribution < 1.29 is 17.6 Å². The lowest BCUT2D eigenvalue weighted by atomic mass is 10.1. The first-order chi connectivity index (χ1) is 9.27. The molecule has 2 rings (SSSR count). The Balaban J connectivity index is 2.30. The highest BCUT2D eigenvalue weighted by Gasteiger charge is 2.31. The van der Waals surface area contributed by atoms with Gasteiger partial charge in [-0.1, -0.05) is 0 Å². The first-order valence-electron chi connectivity index (χ1n) is 5.77. The molecular formula is C14H12F4N2. The van der Waals surface area contributed by atoms with E-state index in [0.29, 0.717) is 17.4 Å². The van der Waals surface area contributed by atoms with Crippen LogP contribution in [0.3, 0.4) is 0 Å². The molecular weight excluding hydrogens is 272 g/mol. The standard InChI is InChI=1S/C14H12F4N2/c1-8-6-10(19)3-5-12(8)20-13-4-2-9(7-11(13)15)14(16,17)18/h2-7,20H,19H2,1H3. The summed E-state index contributed by atoms with van der Waals surface area (Å²) in [5.41, 5.74) is 6.46. The fourth-order valence-electron chi connectivity index (χ4n) is 1.77. The third-order valence-corrected chi connectivity index (χ3v) is 2.82. The molecule has 0 aliphatic rings. The van der Waals surface area contributed by atoms with Crippen molar-refractivity contribution in [1.82, 2.24) is 0 Å². The van der Waals surface area contributed by atoms with E-state index in [1.54, 1.807) is 25.1 Å². The summed E-state index contributed by atoms with van der Waals surface area (Å²) in [6.07, 6.45) is -4.56. The Morgan fingerprint density at radius 3 is 2.20 bits per heavy atom. The Morgan fingerprint density at radius 1 is 1.00 bits per heavy atom. The van der Waals surface area contributed by atoms with Crippen molar-refractivity contribution in [1.29, 1.82) is 0 Å². The fraction of sp³-hybridized carbons (Fsp3) is 0.143. The van der Waals surface area contributed by atoms with Crippen molar-refractivity contribution in [3.63, 3.8) is 0 Å². The minimum atomic E-state index is -4.56. The molecule has 0 saturated heterocycles. The van der Waals surface area contributed by atoms with Crippen LogP contribution in [0.1, 0.15) is 11.1 Å². The Bertz CT molecular complexity index is 636. The maximum Gasteiger partial charge on any atom is 0.416 e. The largest absolute Gasteiger partial charge is 0.416 e. The van der Waals surface area contributed by atoms with Gasteiger partial charge in [-0.05, 0) is 48.9 Å². The number of benzene rings is 2. The molecule has 0 aliphatic carbocycles. The van der Waals surface area contributed by atoms with Crippen LogP contribution >= 0.6 is 0 Å². The number of aryl methyl sites for hydroxylation is 1. The number of hydrogen-bond acceptors (Lipinski definition) is 2. The van der Waals surface area contributed by atoms with E-state index >= 15 is 0 Å². The normalized spacial score (nSPS) is 11.4. The molecule has 0 fully saturated rings. The van der Waals surface area contributed by atoms with E-state index in [-0.39, 0.29) is 5.69 Å². The van der Waals surface area contributed by atoms with Crippen molar-refractivity contribution in [2.45, 2.75) is 13.1 Å². The highest BCUT2D eigenvalue weighted by atomic mass is 19.4. The van der Waals surface area contributed by atoms with Gasteiger partial charge in [0.05, 0.1) is 11.3 Å². The van der Waals surface area contributed by atoms with E-state index in [1.807, 2.05) is 0 Å². The van der Waals surface area contributed by atoms with E-state index in [4.69, 9.17) is 5.73 Å². The molecule has 2 nitrogen and oxygen atoms in total. The predicted octanol–water partition coefficient (Wildman–Crippen LogP) is 4.48. The van der Waals surface area contributed by atoms with Gasteiger partial charge in [-0.15, -0.1) is 0 Å². The van der Waals surface area contributed by atoms with Gasteiger partial charge in [0.15, 0.2) is 0 Å². The van der Waals surface area contributed by atoms with Crippen molar-refractivity contribution >= 4 is 17.1 Å². The topological polar surface area (TPSA) is 38.0 Å². The minimum Gasteiger partial charge on any atom is -0.399 e. The summed E-state index contributed by atoms with van der Waals surface area (Å²) in [6.45, 7) is 1.76. The van der Waals surface area contributed by atoms with Crippen LogP contribution in [0.25, 0.3) is 0 Å². The van der Waals surface area contributed by atoms with Crippen molar-refractivity contribution in [3.05, 3.63) is 53.3 Å². The van der Waals surface area contributed by atoms with Gasteiger partial charge in [-0.25, -0.2) is 4.39 Å². The molecule has 0 saturated carbocycles. The van der Waals surface area contributed by atoms with E-state index in [9.17, 15) is 17.6 Å². The summed E-state index contributed by atoms with van der Waals surface area (Å²) < 4.78 is 51.0. The molecule has 0 atom stereocenters. The predicted molar refractivity (Wildman–Crippen MR) is 70.3 cm³/mol. The molecule has 0 heterocycles. The first-order valence-corrected chi connectivity index (χ1v) is 5.77. The molecule has 2 aromatic carbocycles. The lowest BCUT2D eigenvalue weighted by molar-refractivity contribution is -0.137. The summed E-state index contributed by atoms with van der Waals surface area (Å²) in [4.78, 5) is 0. The lowest BCUT2D eigenvalue weighted by Crippen LogP contribution is -2.06. The Labute approximate surface area is 113 Å². The number of alkyl halides is 3. The van der Waals surface area contributed by atoms with Crippen LogP contribution in [0.15, 0.2) is 36.4 Å². The zero-order valence-corrected chi connectivity index (χ0v) is 10.6. The Morgan fingerprint density at radius 2 is 1.65 bits per heavy atom. The lowest BCUT2D eigenvalue weighted by Gasteiger charge is -2.13. The van der Waals surface area contributed by atoms with Crippen LogP contribution in [-0.4, -0.2) is 0 Å². The molecule has 0 radical (unpaired) electrons. The van der Waals surface area contributed by atoms with Crippen molar-refractivity contribution in [3.8, 4) is 0 Å². The molecule has 0 spiro atoms. The molecule has 6 heteroatoms. The first kappa shape index (κ1) is 14.2. The highest BCUT2D eigenvalue weighted by Crippen LogP contribution is 2.32. The average molecular weight is 284 g/mol. The van der Waals surface area contributed by atoms with Crippen LogP contribution in [0.2, 0.25) is 0 Å². The second kappa shape index (κ2) is 5.03. The van der Waals surface area contributed by atoms with Crippen molar-refractivity contribution in [2.75, 3.05) is 11.1 Å². The smallest absolute Gasteiger partial charge is 0.399 e. The van der Waals surface area contributed by atoms with Gasteiger partial charge >= 0.3 is 6.18 Å². The maximum atomic E-state index is 13.7. The molecule has 0 aliphatic heterocycles. The third kappa shape index (κ3) is 3.01. The summed E-state index contributed by atoms with van der Waals surface area (Å²) in [5, 5.41) is 2.75. The Hall–Kier alpha value is -2.24. The maximum absolute atomic E-state index is 13.7. The highest BCUT2D eigenvalue weighted by molar-refractivity contribution is 5.66. The summed E-state index contributed by atoms with van der Waals surface area (Å²) in [7, 11) is 0. The van der Waals surface area contributed by atoms with Gasteiger partial charge in [-0.3, -0.25) is 0 Å². The van der Waals surface area contributed by atoms with E-state index < -0.39 is 17.6 Å². The molecule has 20 heavy (non-hydrogen) atoms. The number of hydrogen-bond donors (Lipinski definition) is 2. The van der Waals surface area contributed by atoms with Crippen LogP contribution in [0.5, 0.6) is 0 Å². The summed E-state index contributed by atoms with van der Waals surface area (Å²) in [6, 6.07) is 7.31. The van der Waals surface area contributed by atoms with Gasteiger partial charge in [-0.2, -0.15) is 13.2 Å². The van der Waals surface area contributed by atoms with Crippen molar-refractivity contribution in [2.24, 2.45) is 0 Å². The van der Waals surface area contributed by atoms with Gasteiger partial charge in [0, 0.05) is 11.4 Å². The van der Waals surface area contributed by atoms with Gasteiger partial charge in [0.1, 0.15) is 5.82 Å². The Kier molecular flexibility index (Phi) is 3.57. The molecule has 0 bridgehead atoms. The van der Waals surface area contributed by atoms with Gasteiger partial charge < -0.3 is 11.1 Å². The quantitative estimate of drug-likeness (QED) is 0.630. The zero-order valence-electron chi connectivity index (χ0n) is 10.6. The average Bonchev–Trinajstić information content (AvgIpc) is 2.33. The minimum absolute atomic E-state index is 0.0223. The number of nitrogens with two attached hydrogens (primary N) is 1. The van der Waals surface area contributed by atoms with Crippen LogP contribution in [-0.2, 0) is 6.18 Å². The van der Waals surface area contributed by atoms with Gasteiger partial charge in [0.25, 0.3) is 0 Å². The zero-order chi connectivity index (χ0) is 14.9.